The average Bonchev–Trinajstić information content (AvgIpc) is 3.34. The molecule has 1 aliphatic rings. The second-order valence-electron chi connectivity index (χ2n) is 8.27. The molecule has 5 rings (SSSR count). The lowest BCUT2D eigenvalue weighted by Gasteiger charge is -2.36. The Labute approximate surface area is 196 Å². The molecule has 0 bridgehead atoms. The van der Waals surface area contributed by atoms with Gasteiger partial charge in [-0.25, -0.2) is 9.20 Å². The van der Waals surface area contributed by atoms with E-state index in [-0.39, 0.29) is 18.0 Å². The van der Waals surface area contributed by atoms with Crippen molar-refractivity contribution in [2.45, 2.75) is 13.5 Å². The minimum absolute atomic E-state index is 0.0927. The molecular formula is C25H26N6O3. The summed E-state index contributed by atoms with van der Waals surface area (Å²) in [6.45, 7) is 4.41. The van der Waals surface area contributed by atoms with E-state index in [1.54, 1.807) is 25.0 Å². The molecule has 2 aromatic heterocycles. The lowest BCUT2D eigenvalue weighted by atomic mass is 10.1. The van der Waals surface area contributed by atoms with Gasteiger partial charge in [0.1, 0.15) is 23.6 Å². The van der Waals surface area contributed by atoms with E-state index in [1.807, 2.05) is 42.5 Å². The highest BCUT2D eigenvalue weighted by Gasteiger charge is 2.23. The average molecular weight is 459 g/mol. The summed E-state index contributed by atoms with van der Waals surface area (Å²) in [5, 5.41) is 8.90. The van der Waals surface area contributed by atoms with Gasteiger partial charge in [-0.15, -0.1) is 0 Å². The van der Waals surface area contributed by atoms with Crippen molar-refractivity contribution in [3.05, 3.63) is 76.8 Å². The number of carbonyl (C=O) groups is 1. The van der Waals surface area contributed by atoms with Crippen LogP contribution in [0.25, 0.3) is 16.8 Å². The molecule has 9 heteroatoms. The predicted molar refractivity (Wildman–Crippen MR) is 129 cm³/mol. The molecule has 1 saturated heterocycles. The van der Waals surface area contributed by atoms with E-state index in [0.29, 0.717) is 30.1 Å². The first kappa shape index (κ1) is 21.7. The molecule has 1 amide bonds. The van der Waals surface area contributed by atoms with Crippen LogP contribution in [0.3, 0.4) is 0 Å². The van der Waals surface area contributed by atoms with Gasteiger partial charge in [-0.2, -0.15) is 10.2 Å². The number of nitrogens with zero attached hydrogens (tertiary/aromatic N) is 6. The van der Waals surface area contributed by atoms with E-state index < -0.39 is 0 Å². The molecule has 34 heavy (non-hydrogen) atoms. The lowest BCUT2D eigenvalue weighted by Crippen LogP contribution is -2.50. The number of fused-ring (bicyclic) bond motifs is 1. The number of hydrogen-bond donors (Lipinski definition) is 0. The lowest BCUT2D eigenvalue weighted by molar-refractivity contribution is -0.132. The molecule has 1 fully saturated rings. The molecule has 1 aliphatic heterocycles. The predicted octanol–water partition coefficient (Wildman–Crippen LogP) is 2.22. The van der Waals surface area contributed by atoms with E-state index in [0.717, 1.165) is 30.1 Å². The van der Waals surface area contributed by atoms with Crippen LogP contribution in [-0.2, 0) is 11.3 Å². The maximum atomic E-state index is 13.1. The van der Waals surface area contributed by atoms with Crippen LogP contribution >= 0.6 is 0 Å². The third kappa shape index (κ3) is 4.12. The topological polar surface area (TPSA) is 85.0 Å². The summed E-state index contributed by atoms with van der Waals surface area (Å²) in [6, 6.07) is 19.4. The smallest absolute Gasteiger partial charge is 0.293 e. The van der Waals surface area contributed by atoms with E-state index in [4.69, 9.17) is 4.74 Å². The largest absolute Gasteiger partial charge is 0.497 e. The van der Waals surface area contributed by atoms with E-state index in [1.165, 1.54) is 9.20 Å². The zero-order valence-corrected chi connectivity index (χ0v) is 19.2. The quantitative estimate of drug-likeness (QED) is 0.456. The van der Waals surface area contributed by atoms with Crippen LogP contribution < -0.4 is 15.2 Å². The zero-order chi connectivity index (χ0) is 23.7. The molecule has 174 valence electrons. The molecule has 3 heterocycles. The monoisotopic (exact) mass is 458 g/mol. The van der Waals surface area contributed by atoms with Crippen molar-refractivity contribution in [3.8, 4) is 17.0 Å². The van der Waals surface area contributed by atoms with Crippen molar-refractivity contribution in [3.63, 3.8) is 0 Å². The van der Waals surface area contributed by atoms with Gasteiger partial charge in [0.05, 0.1) is 12.8 Å². The highest BCUT2D eigenvalue weighted by atomic mass is 16.5. The second kappa shape index (κ2) is 9.01. The van der Waals surface area contributed by atoms with Gasteiger partial charge < -0.3 is 14.5 Å². The van der Waals surface area contributed by atoms with Crippen LogP contribution in [0.1, 0.15) is 5.82 Å². The fourth-order valence-electron chi connectivity index (χ4n) is 4.27. The number of methoxy groups -OCH3 is 1. The molecule has 0 radical (unpaired) electrons. The molecule has 0 aliphatic carbocycles. The van der Waals surface area contributed by atoms with Gasteiger partial charge in [-0.05, 0) is 49.4 Å². The van der Waals surface area contributed by atoms with Crippen molar-refractivity contribution >= 4 is 17.1 Å². The first-order valence-corrected chi connectivity index (χ1v) is 11.2. The summed E-state index contributed by atoms with van der Waals surface area (Å²) in [4.78, 5) is 30.2. The molecule has 9 nitrogen and oxygen atoms in total. The maximum Gasteiger partial charge on any atom is 0.293 e. The minimum Gasteiger partial charge on any atom is -0.497 e. The highest BCUT2D eigenvalue weighted by Crippen LogP contribution is 2.22. The van der Waals surface area contributed by atoms with Crippen LogP contribution in [0.5, 0.6) is 5.75 Å². The van der Waals surface area contributed by atoms with Gasteiger partial charge >= 0.3 is 0 Å². The number of anilines is 1. The molecule has 0 atom stereocenters. The van der Waals surface area contributed by atoms with Crippen LogP contribution in [0.2, 0.25) is 0 Å². The first-order chi connectivity index (χ1) is 16.5. The molecule has 0 N–H and O–H groups in total. The number of ether oxygens (including phenoxy) is 1. The minimum atomic E-state index is -0.339. The van der Waals surface area contributed by atoms with E-state index in [9.17, 15) is 9.59 Å². The number of para-hydroxylation sites is 1. The maximum absolute atomic E-state index is 13.1. The Morgan fingerprint density at radius 1 is 0.971 bits per heavy atom. The number of rotatable bonds is 5. The summed E-state index contributed by atoms with van der Waals surface area (Å²) in [5.74, 6) is 1.17. The van der Waals surface area contributed by atoms with Crippen molar-refractivity contribution < 1.29 is 9.53 Å². The number of amides is 1. The Balaban J connectivity index is 1.33. The van der Waals surface area contributed by atoms with Gasteiger partial charge in [-0.1, -0.05) is 18.2 Å². The third-order valence-corrected chi connectivity index (χ3v) is 6.16. The van der Waals surface area contributed by atoms with Crippen LogP contribution in [0, 0.1) is 6.92 Å². The van der Waals surface area contributed by atoms with Gasteiger partial charge in [-0.3, -0.25) is 9.59 Å². The summed E-state index contributed by atoms with van der Waals surface area (Å²) < 4.78 is 7.98. The zero-order valence-electron chi connectivity index (χ0n) is 19.2. The van der Waals surface area contributed by atoms with E-state index >= 15 is 0 Å². The molecule has 0 saturated carbocycles. The number of piperazine rings is 1. The van der Waals surface area contributed by atoms with Gasteiger partial charge in [0, 0.05) is 37.4 Å². The van der Waals surface area contributed by atoms with Crippen molar-refractivity contribution in [1.29, 1.82) is 0 Å². The Kier molecular flexibility index (Phi) is 5.75. The molecule has 0 unspecified atom stereocenters. The third-order valence-electron chi connectivity index (χ3n) is 6.16. The number of aromatic nitrogens is 4. The van der Waals surface area contributed by atoms with Gasteiger partial charge in [0.25, 0.3) is 5.56 Å². The Bertz CT molecular complexity index is 1370. The van der Waals surface area contributed by atoms with Crippen molar-refractivity contribution in [2.75, 3.05) is 38.2 Å². The molecule has 4 aromatic rings. The fourth-order valence-corrected chi connectivity index (χ4v) is 4.27. The first-order valence-electron chi connectivity index (χ1n) is 11.2. The number of hydrogen-bond acceptors (Lipinski definition) is 6. The summed E-state index contributed by atoms with van der Waals surface area (Å²) in [7, 11) is 1.61. The number of benzene rings is 2. The number of carbonyl (C=O) groups excluding carboxylic acids is 1. The molecule has 2 aromatic carbocycles. The molecular weight excluding hydrogens is 432 g/mol. The fraction of sp³-hybridized carbons (Fsp3) is 0.280. The SMILES string of the molecule is COc1ccc(-c2cc3c(=O)n(CC(=O)N4CCN(c5ccccc5)CC4)nc(C)n3n2)cc1. The Morgan fingerprint density at radius 3 is 2.35 bits per heavy atom. The van der Waals surface area contributed by atoms with Gasteiger partial charge in [0.15, 0.2) is 0 Å². The van der Waals surface area contributed by atoms with E-state index in [2.05, 4.69) is 27.2 Å². The summed E-state index contributed by atoms with van der Waals surface area (Å²) in [6.07, 6.45) is 0. The van der Waals surface area contributed by atoms with Crippen LogP contribution in [0.4, 0.5) is 5.69 Å². The normalized spacial score (nSPS) is 13.9. The Hall–Kier alpha value is -4.14. The second-order valence-corrected chi connectivity index (χ2v) is 8.27. The summed E-state index contributed by atoms with van der Waals surface area (Å²) >= 11 is 0. The standard InChI is InChI=1S/C25H26N6O3/c1-18-26-30(17-24(32)29-14-12-28(13-15-29)20-6-4-3-5-7-20)25(33)23-16-22(27-31(18)23)19-8-10-21(34-2)11-9-19/h3-11,16H,12-15,17H2,1-2H3. The molecule has 0 spiro atoms. The van der Waals surface area contributed by atoms with Crippen molar-refractivity contribution in [1.82, 2.24) is 24.3 Å². The Morgan fingerprint density at radius 2 is 1.68 bits per heavy atom. The van der Waals surface area contributed by atoms with Gasteiger partial charge in [0.2, 0.25) is 5.91 Å². The number of aryl methyl sites for hydroxylation is 1. The van der Waals surface area contributed by atoms with Crippen LogP contribution in [-0.4, -0.2) is 63.5 Å². The van der Waals surface area contributed by atoms with Crippen molar-refractivity contribution in [2.24, 2.45) is 0 Å². The highest BCUT2D eigenvalue weighted by molar-refractivity contribution is 5.76. The summed E-state index contributed by atoms with van der Waals surface area (Å²) in [5.41, 5.74) is 2.73. The van der Waals surface area contributed by atoms with Crippen LogP contribution in [0.15, 0.2) is 65.5 Å².